The first-order chi connectivity index (χ1) is 13.7. The second kappa shape index (κ2) is 8.94. The van der Waals surface area contributed by atoms with E-state index in [0.717, 1.165) is 5.56 Å². The molecule has 0 aliphatic rings. The number of carbonyl (C=O) groups excluding carboxylic acids is 1. The van der Waals surface area contributed by atoms with E-state index in [-0.39, 0.29) is 5.91 Å². The number of ether oxygens (including phenoxy) is 3. The maximum absolute atomic E-state index is 12.8. The van der Waals surface area contributed by atoms with Crippen LogP contribution in [0.1, 0.15) is 22.8 Å². The molecular formula is C21H23N3O4. The highest BCUT2D eigenvalue weighted by Gasteiger charge is 2.16. The fraction of sp³-hybridized carbons (Fsp3) is 0.238. The lowest BCUT2D eigenvalue weighted by Crippen LogP contribution is -2.17. The molecule has 1 aromatic heterocycles. The zero-order valence-electron chi connectivity index (χ0n) is 16.1. The monoisotopic (exact) mass is 381 g/mol. The Balaban J connectivity index is 1.83. The van der Waals surface area contributed by atoms with E-state index in [0.29, 0.717) is 41.8 Å². The summed E-state index contributed by atoms with van der Waals surface area (Å²) >= 11 is 0. The van der Waals surface area contributed by atoms with Crippen LogP contribution in [-0.2, 0) is 6.54 Å². The van der Waals surface area contributed by atoms with Gasteiger partial charge in [-0.15, -0.1) is 0 Å². The highest BCUT2D eigenvalue weighted by Crippen LogP contribution is 2.31. The second-order valence-corrected chi connectivity index (χ2v) is 5.91. The molecule has 3 rings (SSSR count). The maximum Gasteiger partial charge on any atom is 0.260 e. The van der Waals surface area contributed by atoms with Crippen molar-refractivity contribution >= 4 is 11.7 Å². The van der Waals surface area contributed by atoms with Crippen molar-refractivity contribution in [3.05, 3.63) is 65.9 Å². The predicted octanol–water partition coefficient (Wildman–Crippen LogP) is 3.60. The van der Waals surface area contributed by atoms with Gasteiger partial charge in [0.05, 0.1) is 39.1 Å². The zero-order chi connectivity index (χ0) is 19.9. The molecule has 0 spiro atoms. The Morgan fingerprint density at radius 3 is 2.57 bits per heavy atom. The minimum atomic E-state index is -0.261. The summed E-state index contributed by atoms with van der Waals surface area (Å²) in [6, 6.07) is 14.5. The Morgan fingerprint density at radius 1 is 1.04 bits per heavy atom. The number of hydrogen-bond acceptors (Lipinski definition) is 5. The zero-order valence-corrected chi connectivity index (χ0v) is 16.1. The lowest BCUT2D eigenvalue weighted by molar-refractivity contribution is 0.102. The summed E-state index contributed by atoms with van der Waals surface area (Å²) in [4.78, 5) is 12.8. The van der Waals surface area contributed by atoms with Crippen molar-refractivity contribution in [3.63, 3.8) is 0 Å². The van der Waals surface area contributed by atoms with Gasteiger partial charge < -0.3 is 19.5 Å². The van der Waals surface area contributed by atoms with Gasteiger partial charge >= 0.3 is 0 Å². The fourth-order valence-electron chi connectivity index (χ4n) is 2.92. The fourth-order valence-corrected chi connectivity index (χ4v) is 2.92. The molecule has 0 radical (unpaired) electrons. The lowest BCUT2D eigenvalue weighted by atomic mass is 10.2. The van der Waals surface area contributed by atoms with Crippen molar-refractivity contribution in [2.24, 2.45) is 0 Å². The third-order valence-corrected chi connectivity index (χ3v) is 4.19. The van der Waals surface area contributed by atoms with Crippen LogP contribution in [-0.4, -0.2) is 36.5 Å². The molecule has 0 unspecified atom stereocenters. The van der Waals surface area contributed by atoms with E-state index in [1.165, 1.54) is 0 Å². The summed E-state index contributed by atoms with van der Waals surface area (Å²) in [6.45, 7) is 2.78. The average Bonchev–Trinajstić information content (AvgIpc) is 3.14. The Bertz CT molecular complexity index is 952. The number of nitrogens with one attached hydrogen (secondary N) is 1. The van der Waals surface area contributed by atoms with Crippen molar-refractivity contribution in [1.82, 2.24) is 9.78 Å². The number of para-hydroxylation sites is 2. The van der Waals surface area contributed by atoms with Gasteiger partial charge in [-0.1, -0.05) is 24.3 Å². The molecule has 0 atom stereocenters. The van der Waals surface area contributed by atoms with E-state index in [9.17, 15) is 4.79 Å². The highest BCUT2D eigenvalue weighted by molar-refractivity contribution is 6.05. The first-order valence-electron chi connectivity index (χ1n) is 8.92. The van der Waals surface area contributed by atoms with Gasteiger partial charge in [-0.2, -0.15) is 5.10 Å². The van der Waals surface area contributed by atoms with Gasteiger partial charge in [0.1, 0.15) is 11.6 Å². The summed E-state index contributed by atoms with van der Waals surface area (Å²) in [7, 11) is 3.19. The van der Waals surface area contributed by atoms with Crippen LogP contribution in [0.5, 0.6) is 17.2 Å². The highest BCUT2D eigenvalue weighted by atomic mass is 16.5. The smallest absolute Gasteiger partial charge is 0.260 e. The van der Waals surface area contributed by atoms with Crippen LogP contribution in [0, 0.1) is 0 Å². The first kappa shape index (κ1) is 19.3. The molecule has 0 saturated carbocycles. The Labute approximate surface area is 163 Å². The van der Waals surface area contributed by atoms with Crippen LogP contribution >= 0.6 is 0 Å². The second-order valence-electron chi connectivity index (χ2n) is 5.91. The third kappa shape index (κ3) is 4.09. The van der Waals surface area contributed by atoms with E-state index >= 15 is 0 Å². The van der Waals surface area contributed by atoms with Crippen LogP contribution in [0.3, 0.4) is 0 Å². The summed E-state index contributed by atoms with van der Waals surface area (Å²) in [5.74, 6) is 2.13. The summed E-state index contributed by atoms with van der Waals surface area (Å²) in [6.07, 6.45) is 1.64. The third-order valence-electron chi connectivity index (χ3n) is 4.19. The number of carbonyl (C=O) groups is 1. The van der Waals surface area contributed by atoms with E-state index in [1.54, 1.807) is 49.4 Å². The molecule has 1 N–H and O–H groups in total. The van der Waals surface area contributed by atoms with E-state index in [1.807, 2.05) is 31.2 Å². The number of amides is 1. The number of nitrogens with zero attached hydrogens (tertiary/aromatic N) is 2. The maximum atomic E-state index is 12.8. The van der Waals surface area contributed by atoms with Gasteiger partial charge in [-0.3, -0.25) is 4.79 Å². The number of methoxy groups -OCH3 is 2. The summed E-state index contributed by atoms with van der Waals surface area (Å²) < 4.78 is 18.1. The molecule has 0 fully saturated rings. The van der Waals surface area contributed by atoms with Crippen LogP contribution in [0.25, 0.3) is 0 Å². The van der Waals surface area contributed by atoms with E-state index < -0.39 is 0 Å². The molecule has 146 valence electrons. The number of hydrogen-bond donors (Lipinski definition) is 1. The topological polar surface area (TPSA) is 74.6 Å². The van der Waals surface area contributed by atoms with Gasteiger partial charge in [0.15, 0.2) is 11.5 Å². The molecule has 0 saturated heterocycles. The molecule has 0 aliphatic heterocycles. The molecule has 0 aliphatic carbocycles. The first-order valence-corrected chi connectivity index (χ1v) is 8.92. The standard InChI is InChI=1S/C21H23N3O4/c1-4-28-17-10-6-5-9-16(17)21(25)23-19-12-13-22-24(19)14-15-8-7-11-18(26-2)20(15)27-3/h5-13H,4,14H2,1-3H3,(H,23,25). The number of aromatic nitrogens is 2. The molecular weight excluding hydrogens is 358 g/mol. The van der Waals surface area contributed by atoms with Gasteiger partial charge in [-0.25, -0.2) is 4.68 Å². The molecule has 1 amide bonds. The Kier molecular flexibility index (Phi) is 6.16. The molecule has 7 heteroatoms. The largest absolute Gasteiger partial charge is 0.493 e. The van der Waals surface area contributed by atoms with Crippen LogP contribution in [0.2, 0.25) is 0 Å². The van der Waals surface area contributed by atoms with Gasteiger partial charge in [0.2, 0.25) is 0 Å². The van der Waals surface area contributed by atoms with Crippen LogP contribution in [0.4, 0.5) is 5.82 Å². The lowest BCUT2D eigenvalue weighted by Gasteiger charge is -2.15. The van der Waals surface area contributed by atoms with Gasteiger partial charge in [-0.05, 0) is 25.1 Å². The minimum Gasteiger partial charge on any atom is -0.493 e. The molecule has 2 aromatic carbocycles. The summed E-state index contributed by atoms with van der Waals surface area (Å²) in [5, 5.41) is 7.22. The molecule has 28 heavy (non-hydrogen) atoms. The van der Waals surface area contributed by atoms with Crippen molar-refractivity contribution < 1.29 is 19.0 Å². The number of rotatable bonds is 8. The SMILES string of the molecule is CCOc1ccccc1C(=O)Nc1ccnn1Cc1cccc(OC)c1OC. The van der Waals surface area contributed by atoms with Gasteiger partial charge in [0.25, 0.3) is 5.91 Å². The molecule has 1 heterocycles. The minimum absolute atomic E-state index is 0.261. The van der Waals surface area contributed by atoms with Crippen molar-refractivity contribution in [1.29, 1.82) is 0 Å². The van der Waals surface area contributed by atoms with Crippen molar-refractivity contribution in [2.75, 3.05) is 26.1 Å². The average molecular weight is 381 g/mol. The van der Waals surface area contributed by atoms with Crippen LogP contribution in [0.15, 0.2) is 54.7 Å². The van der Waals surface area contributed by atoms with Gasteiger partial charge in [0, 0.05) is 11.6 Å². The predicted molar refractivity (Wildman–Crippen MR) is 106 cm³/mol. The van der Waals surface area contributed by atoms with Crippen molar-refractivity contribution in [2.45, 2.75) is 13.5 Å². The Morgan fingerprint density at radius 2 is 1.82 bits per heavy atom. The van der Waals surface area contributed by atoms with Crippen LogP contribution < -0.4 is 19.5 Å². The van der Waals surface area contributed by atoms with Crippen molar-refractivity contribution in [3.8, 4) is 17.2 Å². The number of benzene rings is 2. The van der Waals surface area contributed by atoms with E-state index in [4.69, 9.17) is 14.2 Å². The normalized spacial score (nSPS) is 10.4. The molecule has 3 aromatic rings. The molecule has 7 nitrogen and oxygen atoms in total. The quantitative estimate of drug-likeness (QED) is 0.645. The Hall–Kier alpha value is -3.48. The molecule has 0 bridgehead atoms. The number of anilines is 1. The summed E-state index contributed by atoms with van der Waals surface area (Å²) in [5.41, 5.74) is 1.35. The van der Waals surface area contributed by atoms with E-state index in [2.05, 4.69) is 10.4 Å².